The molecule has 0 bridgehead atoms. The molecule has 1 heterocycles. The van der Waals surface area contributed by atoms with Crippen LogP contribution < -0.4 is 5.32 Å². The lowest BCUT2D eigenvalue weighted by Gasteiger charge is -2.14. The lowest BCUT2D eigenvalue weighted by Crippen LogP contribution is -2.09. The van der Waals surface area contributed by atoms with E-state index in [0.717, 1.165) is 12.1 Å². The second-order valence-electron chi connectivity index (χ2n) is 4.22. The van der Waals surface area contributed by atoms with E-state index >= 15 is 0 Å². The van der Waals surface area contributed by atoms with Crippen LogP contribution in [0.1, 0.15) is 11.3 Å². The molecule has 0 aliphatic carbocycles. The summed E-state index contributed by atoms with van der Waals surface area (Å²) >= 11 is 0. The van der Waals surface area contributed by atoms with Gasteiger partial charge in [0.15, 0.2) is 0 Å². The fraction of sp³-hybridized carbons (Fsp3) is 0.143. The van der Waals surface area contributed by atoms with Gasteiger partial charge in [-0.25, -0.2) is 4.39 Å². The molecule has 0 unspecified atom stereocenters. The van der Waals surface area contributed by atoms with Crippen molar-refractivity contribution < 1.29 is 22.4 Å². The van der Waals surface area contributed by atoms with E-state index in [0.29, 0.717) is 23.7 Å². The maximum atomic E-state index is 13.0. The zero-order chi connectivity index (χ0) is 15.5. The van der Waals surface area contributed by atoms with Gasteiger partial charge in [-0.05, 0) is 30.3 Å². The van der Waals surface area contributed by atoms with Crippen LogP contribution in [0.25, 0.3) is 0 Å². The molecule has 0 aliphatic rings. The first-order valence-electron chi connectivity index (χ1n) is 5.92. The zero-order valence-electron chi connectivity index (χ0n) is 10.6. The van der Waals surface area contributed by atoms with Crippen LogP contribution >= 0.6 is 0 Å². The summed E-state index contributed by atoms with van der Waals surface area (Å²) in [5.74, 6) is -0.965. The lowest BCUT2D eigenvalue weighted by molar-refractivity contribution is -0.137. The quantitative estimate of drug-likeness (QED) is 0.691. The van der Waals surface area contributed by atoms with Crippen molar-refractivity contribution in [2.24, 2.45) is 0 Å². The van der Waals surface area contributed by atoms with Crippen molar-refractivity contribution in [2.45, 2.75) is 12.6 Å². The average Bonchev–Trinajstić information content (AvgIpc) is 2.42. The third-order valence-corrected chi connectivity index (χ3v) is 2.68. The summed E-state index contributed by atoms with van der Waals surface area (Å²) < 4.78 is 51.5. The number of aldehydes is 1. The Balaban J connectivity index is 2.29. The van der Waals surface area contributed by atoms with Gasteiger partial charge in [0.25, 0.3) is 0 Å². The van der Waals surface area contributed by atoms with Crippen LogP contribution in [0.4, 0.5) is 28.9 Å². The number of carbonyl (C=O) groups excluding carboxylic acids is 1. The van der Waals surface area contributed by atoms with Crippen LogP contribution in [0.5, 0.6) is 0 Å². The lowest BCUT2D eigenvalue weighted by atomic mass is 10.1. The normalized spacial score (nSPS) is 11.2. The molecule has 1 aromatic carbocycles. The molecule has 2 aromatic rings. The van der Waals surface area contributed by atoms with Gasteiger partial charge in [-0.3, -0.25) is 4.98 Å². The van der Waals surface area contributed by atoms with E-state index in [9.17, 15) is 22.4 Å². The zero-order valence-corrected chi connectivity index (χ0v) is 10.6. The first-order valence-corrected chi connectivity index (χ1v) is 5.92. The van der Waals surface area contributed by atoms with E-state index < -0.39 is 17.6 Å². The molecule has 21 heavy (non-hydrogen) atoms. The first-order chi connectivity index (χ1) is 9.90. The summed E-state index contributed by atoms with van der Waals surface area (Å²) in [7, 11) is 0. The van der Waals surface area contributed by atoms with Crippen LogP contribution in [0.2, 0.25) is 0 Å². The van der Waals surface area contributed by atoms with Gasteiger partial charge >= 0.3 is 6.18 Å². The molecule has 0 atom stereocenters. The fourth-order valence-electron chi connectivity index (χ4n) is 1.72. The molecule has 0 fully saturated rings. The summed E-state index contributed by atoms with van der Waals surface area (Å²) in [6.45, 7) is 0. The molecular weight excluding hydrogens is 288 g/mol. The van der Waals surface area contributed by atoms with E-state index in [1.807, 2.05) is 0 Å². The van der Waals surface area contributed by atoms with Crippen molar-refractivity contribution in [1.29, 1.82) is 0 Å². The SMILES string of the molecule is O=CCc1ccc(Nc2ccc(F)cc2C(F)(F)F)cn1. The van der Waals surface area contributed by atoms with E-state index in [4.69, 9.17) is 0 Å². The summed E-state index contributed by atoms with van der Waals surface area (Å²) in [6.07, 6.45) is -2.56. The number of halogens is 4. The Morgan fingerprint density at radius 2 is 1.95 bits per heavy atom. The van der Waals surface area contributed by atoms with Gasteiger partial charge in [0, 0.05) is 12.1 Å². The number of carbonyl (C=O) groups is 1. The van der Waals surface area contributed by atoms with Gasteiger partial charge in [-0.15, -0.1) is 0 Å². The Hall–Kier alpha value is -2.44. The van der Waals surface area contributed by atoms with Crippen LogP contribution in [-0.4, -0.2) is 11.3 Å². The van der Waals surface area contributed by atoms with Gasteiger partial charge in [-0.1, -0.05) is 0 Å². The molecule has 0 radical (unpaired) electrons. The number of aromatic nitrogens is 1. The highest BCUT2D eigenvalue weighted by molar-refractivity contribution is 5.63. The second kappa shape index (κ2) is 5.90. The van der Waals surface area contributed by atoms with E-state index in [1.165, 1.54) is 18.3 Å². The highest BCUT2D eigenvalue weighted by Gasteiger charge is 2.34. The number of nitrogens with one attached hydrogen (secondary N) is 1. The second-order valence-corrected chi connectivity index (χ2v) is 4.22. The minimum absolute atomic E-state index is 0.130. The largest absolute Gasteiger partial charge is 0.418 e. The van der Waals surface area contributed by atoms with Gasteiger partial charge in [0.1, 0.15) is 12.1 Å². The molecule has 7 heteroatoms. The highest BCUT2D eigenvalue weighted by atomic mass is 19.4. The Morgan fingerprint density at radius 1 is 1.19 bits per heavy atom. The molecular formula is C14H10F4N2O. The van der Waals surface area contributed by atoms with Crippen molar-refractivity contribution >= 4 is 17.7 Å². The molecule has 1 N–H and O–H groups in total. The maximum absolute atomic E-state index is 13.0. The monoisotopic (exact) mass is 298 g/mol. The van der Waals surface area contributed by atoms with Crippen molar-refractivity contribution in [3.8, 4) is 0 Å². The van der Waals surface area contributed by atoms with Crippen LogP contribution in [0.3, 0.4) is 0 Å². The highest BCUT2D eigenvalue weighted by Crippen LogP contribution is 2.36. The van der Waals surface area contributed by atoms with E-state index in [-0.39, 0.29) is 12.1 Å². The number of rotatable bonds is 4. The predicted molar refractivity (Wildman–Crippen MR) is 68.7 cm³/mol. The number of nitrogens with zero attached hydrogens (tertiary/aromatic N) is 1. The van der Waals surface area contributed by atoms with Crippen molar-refractivity contribution in [2.75, 3.05) is 5.32 Å². The predicted octanol–water partition coefficient (Wildman–Crippen LogP) is 3.72. The Morgan fingerprint density at radius 3 is 2.52 bits per heavy atom. The third kappa shape index (κ3) is 3.77. The van der Waals surface area contributed by atoms with E-state index in [2.05, 4.69) is 10.3 Å². The smallest absolute Gasteiger partial charge is 0.354 e. The summed E-state index contributed by atoms with van der Waals surface area (Å²) in [6, 6.07) is 5.39. The summed E-state index contributed by atoms with van der Waals surface area (Å²) in [5, 5.41) is 2.54. The van der Waals surface area contributed by atoms with E-state index in [1.54, 1.807) is 0 Å². The molecule has 3 nitrogen and oxygen atoms in total. The molecule has 0 amide bonds. The molecule has 0 saturated carbocycles. The number of anilines is 2. The number of benzene rings is 1. The van der Waals surface area contributed by atoms with Gasteiger partial charge in [-0.2, -0.15) is 13.2 Å². The maximum Gasteiger partial charge on any atom is 0.418 e. The summed E-state index contributed by atoms with van der Waals surface area (Å²) in [5.41, 5.74) is -0.555. The molecule has 1 aromatic heterocycles. The fourth-order valence-corrected chi connectivity index (χ4v) is 1.72. The van der Waals surface area contributed by atoms with Gasteiger partial charge < -0.3 is 10.1 Å². The molecule has 0 aliphatic heterocycles. The number of alkyl halides is 3. The Bertz CT molecular complexity index is 638. The van der Waals surface area contributed by atoms with Crippen molar-refractivity contribution in [3.05, 3.63) is 53.6 Å². The molecule has 110 valence electrons. The first kappa shape index (κ1) is 15.0. The van der Waals surface area contributed by atoms with Gasteiger partial charge in [0.2, 0.25) is 0 Å². The van der Waals surface area contributed by atoms with Gasteiger partial charge in [0.05, 0.1) is 23.1 Å². The van der Waals surface area contributed by atoms with Crippen molar-refractivity contribution in [1.82, 2.24) is 4.98 Å². The molecule has 0 spiro atoms. The average molecular weight is 298 g/mol. The standard InChI is InChI=1S/C14H10F4N2O/c15-9-1-4-13(12(7-9)14(16,17)18)20-11-3-2-10(5-6-21)19-8-11/h1-4,6-8,20H,5H2. The number of hydrogen-bond acceptors (Lipinski definition) is 3. The third-order valence-electron chi connectivity index (χ3n) is 2.68. The number of pyridine rings is 1. The number of hydrogen-bond donors (Lipinski definition) is 1. The minimum Gasteiger partial charge on any atom is -0.354 e. The summed E-state index contributed by atoms with van der Waals surface area (Å²) in [4.78, 5) is 14.2. The van der Waals surface area contributed by atoms with Crippen molar-refractivity contribution in [3.63, 3.8) is 0 Å². The van der Waals surface area contributed by atoms with Crippen LogP contribution in [0, 0.1) is 5.82 Å². The molecule has 2 rings (SSSR count). The minimum atomic E-state index is -4.67. The van der Waals surface area contributed by atoms with Crippen LogP contribution in [-0.2, 0) is 17.4 Å². The Labute approximate surface area is 117 Å². The Kier molecular flexibility index (Phi) is 4.21. The topological polar surface area (TPSA) is 42.0 Å². The molecule has 0 saturated heterocycles. The van der Waals surface area contributed by atoms with Crippen LogP contribution in [0.15, 0.2) is 36.5 Å².